The molecule has 1 fully saturated rings. The van der Waals surface area contributed by atoms with Crippen LogP contribution >= 0.6 is 0 Å². The molecule has 114 valence electrons. The molecule has 1 atom stereocenters. The molecule has 0 bridgehead atoms. The van der Waals surface area contributed by atoms with Gasteiger partial charge in [0.25, 0.3) is 0 Å². The second kappa shape index (κ2) is 7.57. The number of nitriles is 1. The average Bonchev–Trinajstić information content (AvgIpc) is 2.40. The highest BCUT2D eigenvalue weighted by molar-refractivity contribution is 7.90. The summed E-state index contributed by atoms with van der Waals surface area (Å²) in [5, 5.41) is 16.4. The van der Waals surface area contributed by atoms with Gasteiger partial charge in [0.15, 0.2) is 5.25 Å². The van der Waals surface area contributed by atoms with Gasteiger partial charge in [0.2, 0.25) is 10.0 Å². The van der Waals surface area contributed by atoms with Crippen molar-refractivity contribution in [1.82, 2.24) is 4.31 Å². The van der Waals surface area contributed by atoms with Crippen LogP contribution in [0.2, 0.25) is 0 Å². The van der Waals surface area contributed by atoms with Crippen molar-refractivity contribution in [1.29, 1.82) is 5.26 Å². The maximum absolute atomic E-state index is 12.1. The monoisotopic (exact) mass is 304 g/mol. The van der Waals surface area contributed by atoms with Crippen LogP contribution in [-0.4, -0.2) is 54.8 Å². The van der Waals surface area contributed by atoms with Crippen LogP contribution in [0.1, 0.15) is 32.6 Å². The highest BCUT2D eigenvalue weighted by Gasteiger charge is 2.33. The third-order valence-electron chi connectivity index (χ3n) is 3.30. The molecule has 1 aliphatic heterocycles. The number of carboxylic acids is 1. The van der Waals surface area contributed by atoms with E-state index in [2.05, 4.69) is 0 Å². The fourth-order valence-electron chi connectivity index (χ4n) is 2.11. The second-order valence-electron chi connectivity index (χ2n) is 4.68. The van der Waals surface area contributed by atoms with E-state index in [-0.39, 0.29) is 25.6 Å². The highest BCUT2D eigenvalue weighted by Crippen LogP contribution is 2.20. The van der Waals surface area contributed by atoms with Crippen molar-refractivity contribution in [2.45, 2.75) is 44.0 Å². The Balaban J connectivity index is 2.46. The molecule has 0 aromatic rings. The van der Waals surface area contributed by atoms with E-state index in [1.54, 1.807) is 6.92 Å². The minimum absolute atomic E-state index is 0.0507. The summed E-state index contributed by atoms with van der Waals surface area (Å²) in [6.45, 7) is 2.45. The third-order valence-corrected chi connectivity index (χ3v) is 5.55. The van der Waals surface area contributed by atoms with E-state index in [9.17, 15) is 13.2 Å². The lowest BCUT2D eigenvalue weighted by atomic mass is 10.1. The number of hydrogen-bond acceptors (Lipinski definition) is 5. The molecular formula is C12H20N2O5S. The summed E-state index contributed by atoms with van der Waals surface area (Å²) in [7, 11) is -3.56. The zero-order valence-corrected chi connectivity index (χ0v) is 12.3. The van der Waals surface area contributed by atoms with Gasteiger partial charge >= 0.3 is 5.97 Å². The van der Waals surface area contributed by atoms with Gasteiger partial charge in [0, 0.05) is 13.1 Å². The largest absolute Gasteiger partial charge is 0.481 e. The first-order chi connectivity index (χ1) is 9.41. The lowest BCUT2D eigenvalue weighted by Crippen LogP contribution is -2.44. The highest BCUT2D eigenvalue weighted by atomic mass is 32.2. The van der Waals surface area contributed by atoms with E-state index in [0.717, 1.165) is 0 Å². The molecule has 0 amide bonds. The standard InChI is InChI=1S/C12H20N2O5S/c1-2-11(9-13)20(17,18)14-6-3-10(4-7-14)19-8-5-12(15)16/h10-11H,2-8H2,1H3,(H,15,16). The Morgan fingerprint density at radius 2 is 2.10 bits per heavy atom. The topological polar surface area (TPSA) is 108 Å². The summed E-state index contributed by atoms with van der Waals surface area (Å²) >= 11 is 0. The quantitative estimate of drug-likeness (QED) is 0.737. The SMILES string of the molecule is CCC(C#N)S(=O)(=O)N1CCC(OCCC(=O)O)CC1. The molecule has 1 aliphatic rings. The predicted molar refractivity (Wildman–Crippen MR) is 71.4 cm³/mol. The van der Waals surface area contributed by atoms with Crippen LogP contribution in [0.4, 0.5) is 0 Å². The molecule has 1 heterocycles. The Morgan fingerprint density at radius 1 is 1.50 bits per heavy atom. The lowest BCUT2D eigenvalue weighted by molar-refractivity contribution is -0.138. The van der Waals surface area contributed by atoms with Gasteiger partial charge in [-0.1, -0.05) is 6.92 Å². The van der Waals surface area contributed by atoms with Gasteiger partial charge in [-0.05, 0) is 19.3 Å². The van der Waals surface area contributed by atoms with Gasteiger partial charge in [-0.15, -0.1) is 0 Å². The molecule has 0 aromatic carbocycles. The molecule has 1 rings (SSSR count). The van der Waals surface area contributed by atoms with Gasteiger partial charge in [-0.25, -0.2) is 12.7 Å². The maximum atomic E-state index is 12.1. The van der Waals surface area contributed by atoms with Crippen molar-refractivity contribution in [3.8, 4) is 6.07 Å². The van der Waals surface area contributed by atoms with Gasteiger partial charge in [0.1, 0.15) is 0 Å². The van der Waals surface area contributed by atoms with Crippen molar-refractivity contribution >= 4 is 16.0 Å². The van der Waals surface area contributed by atoms with Gasteiger partial charge in [0.05, 0.1) is 25.2 Å². The summed E-state index contributed by atoms with van der Waals surface area (Å²) < 4.78 is 31.0. The summed E-state index contributed by atoms with van der Waals surface area (Å²) in [5.74, 6) is -0.912. The molecular weight excluding hydrogens is 284 g/mol. The van der Waals surface area contributed by atoms with Crippen LogP contribution < -0.4 is 0 Å². The molecule has 0 radical (unpaired) electrons. The predicted octanol–water partition coefficient (Wildman–Crippen LogP) is 0.574. The van der Waals surface area contributed by atoms with Crippen LogP contribution in [0.3, 0.4) is 0 Å². The number of sulfonamides is 1. The minimum atomic E-state index is -3.56. The molecule has 1 unspecified atom stereocenters. The fraction of sp³-hybridized carbons (Fsp3) is 0.833. The molecule has 7 nitrogen and oxygen atoms in total. The first kappa shape index (κ1) is 16.9. The molecule has 0 spiro atoms. The van der Waals surface area contributed by atoms with E-state index in [1.165, 1.54) is 4.31 Å². The number of rotatable bonds is 7. The summed E-state index contributed by atoms with van der Waals surface area (Å²) in [4.78, 5) is 10.4. The van der Waals surface area contributed by atoms with Gasteiger partial charge in [-0.2, -0.15) is 5.26 Å². The van der Waals surface area contributed by atoms with Gasteiger partial charge in [-0.3, -0.25) is 4.79 Å². The zero-order chi connectivity index (χ0) is 15.2. The summed E-state index contributed by atoms with van der Waals surface area (Å²) in [5.41, 5.74) is 0. The zero-order valence-electron chi connectivity index (χ0n) is 11.5. The van der Waals surface area contributed by atoms with Crippen molar-refractivity contribution in [3.05, 3.63) is 0 Å². The van der Waals surface area contributed by atoms with E-state index < -0.39 is 21.2 Å². The van der Waals surface area contributed by atoms with Gasteiger partial charge < -0.3 is 9.84 Å². The van der Waals surface area contributed by atoms with Crippen LogP contribution in [0.15, 0.2) is 0 Å². The van der Waals surface area contributed by atoms with E-state index >= 15 is 0 Å². The van der Waals surface area contributed by atoms with Crippen LogP contribution in [-0.2, 0) is 19.6 Å². The smallest absolute Gasteiger partial charge is 0.305 e. The Morgan fingerprint density at radius 3 is 2.55 bits per heavy atom. The summed E-state index contributed by atoms with van der Waals surface area (Å²) in [6.07, 6.45) is 1.17. The number of ether oxygens (including phenoxy) is 1. The molecule has 20 heavy (non-hydrogen) atoms. The lowest BCUT2D eigenvalue weighted by Gasteiger charge is -2.32. The molecule has 0 aromatic heterocycles. The Bertz CT molecular complexity index is 463. The molecule has 8 heteroatoms. The molecule has 1 saturated heterocycles. The third kappa shape index (κ3) is 4.44. The van der Waals surface area contributed by atoms with E-state index in [0.29, 0.717) is 25.9 Å². The Labute approximate surface area is 119 Å². The average molecular weight is 304 g/mol. The van der Waals surface area contributed by atoms with Crippen molar-refractivity contribution in [2.24, 2.45) is 0 Å². The first-order valence-electron chi connectivity index (χ1n) is 6.63. The molecule has 0 aliphatic carbocycles. The maximum Gasteiger partial charge on any atom is 0.305 e. The summed E-state index contributed by atoms with van der Waals surface area (Å²) in [6, 6.07) is 1.82. The number of carboxylic acid groups (broad SMARTS) is 1. The van der Waals surface area contributed by atoms with Crippen molar-refractivity contribution < 1.29 is 23.1 Å². The Kier molecular flexibility index (Phi) is 6.39. The van der Waals surface area contributed by atoms with Crippen molar-refractivity contribution in [3.63, 3.8) is 0 Å². The number of hydrogen-bond donors (Lipinski definition) is 1. The van der Waals surface area contributed by atoms with E-state index in [1.807, 2.05) is 6.07 Å². The number of carbonyl (C=O) groups is 1. The second-order valence-corrected chi connectivity index (χ2v) is 6.80. The van der Waals surface area contributed by atoms with Crippen LogP contribution in [0.25, 0.3) is 0 Å². The first-order valence-corrected chi connectivity index (χ1v) is 8.14. The van der Waals surface area contributed by atoms with E-state index in [4.69, 9.17) is 15.1 Å². The molecule has 0 saturated carbocycles. The number of aliphatic carboxylic acids is 1. The molecule has 1 N–H and O–H groups in total. The fourth-order valence-corrected chi connectivity index (χ4v) is 3.75. The number of piperidine rings is 1. The minimum Gasteiger partial charge on any atom is -0.481 e. The van der Waals surface area contributed by atoms with Crippen LogP contribution in [0, 0.1) is 11.3 Å². The Hall–Kier alpha value is -1.17. The van der Waals surface area contributed by atoms with Crippen molar-refractivity contribution in [2.75, 3.05) is 19.7 Å². The normalized spacial score (nSPS) is 19.4. The number of nitrogens with zero attached hydrogens (tertiary/aromatic N) is 2. The van der Waals surface area contributed by atoms with Crippen LogP contribution in [0.5, 0.6) is 0 Å².